The van der Waals surface area contributed by atoms with Crippen molar-refractivity contribution >= 4 is 6.09 Å². The molecular formula is C15H20N2O2. The summed E-state index contributed by atoms with van der Waals surface area (Å²) in [6.45, 7) is 1.43. The fourth-order valence-electron chi connectivity index (χ4n) is 3.08. The molecule has 4 nitrogen and oxygen atoms in total. The summed E-state index contributed by atoms with van der Waals surface area (Å²) in [5, 5.41) is 6.47. The van der Waals surface area contributed by atoms with Gasteiger partial charge in [-0.2, -0.15) is 0 Å². The van der Waals surface area contributed by atoms with Crippen LogP contribution in [0.2, 0.25) is 0 Å². The highest BCUT2D eigenvalue weighted by Crippen LogP contribution is 2.29. The maximum atomic E-state index is 11.8. The fourth-order valence-corrected chi connectivity index (χ4v) is 3.08. The van der Waals surface area contributed by atoms with Crippen LogP contribution in [0.1, 0.15) is 24.8 Å². The third kappa shape index (κ3) is 3.07. The summed E-state index contributed by atoms with van der Waals surface area (Å²) in [4.78, 5) is 11.8. The molecule has 2 saturated heterocycles. The van der Waals surface area contributed by atoms with Crippen LogP contribution < -0.4 is 10.6 Å². The van der Waals surface area contributed by atoms with E-state index < -0.39 is 0 Å². The molecule has 0 spiro atoms. The average Bonchev–Trinajstić information content (AvgIpc) is 2.47. The fraction of sp³-hybridized carbons (Fsp3) is 0.533. The molecule has 19 heavy (non-hydrogen) atoms. The number of alkyl carbamates (subject to hydrolysis) is 1. The lowest BCUT2D eigenvalue weighted by atomic mass is 9.78. The molecule has 1 aliphatic carbocycles. The van der Waals surface area contributed by atoms with Crippen molar-refractivity contribution in [2.75, 3.05) is 6.54 Å². The molecule has 102 valence electrons. The van der Waals surface area contributed by atoms with Crippen molar-refractivity contribution in [3.05, 3.63) is 35.9 Å². The quantitative estimate of drug-likeness (QED) is 0.874. The van der Waals surface area contributed by atoms with Gasteiger partial charge in [0.15, 0.2) is 0 Å². The maximum absolute atomic E-state index is 11.8. The molecule has 0 aromatic heterocycles. The summed E-state index contributed by atoms with van der Waals surface area (Å²) in [5.74, 6) is 0.712. The minimum Gasteiger partial charge on any atom is -0.445 e. The Morgan fingerprint density at radius 1 is 1.32 bits per heavy atom. The molecule has 1 amide bonds. The van der Waals surface area contributed by atoms with Gasteiger partial charge in [0.25, 0.3) is 0 Å². The number of hydrogen-bond donors (Lipinski definition) is 2. The zero-order chi connectivity index (χ0) is 13.1. The van der Waals surface area contributed by atoms with Crippen molar-refractivity contribution in [2.24, 2.45) is 5.92 Å². The van der Waals surface area contributed by atoms with Crippen LogP contribution in [-0.2, 0) is 11.3 Å². The molecule has 3 aliphatic rings. The Morgan fingerprint density at radius 3 is 2.79 bits per heavy atom. The first-order valence-electron chi connectivity index (χ1n) is 7.02. The highest BCUT2D eigenvalue weighted by atomic mass is 16.5. The Labute approximate surface area is 113 Å². The second-order valence-corrected chi connectivity index (χ2v) is 5.51. The number of nitrogens with one attached hydrogen (secondary N) is 2. The minimum atomic E-state index is -0.303. The van der Waals surface area contributed by atoms with E-state index in [1.807, 2.05) is 30.3 Å². The predicted octanol–water partition coefficient (Wildman–Crippen LogP) is 2.05. The first kappa shape index (κ1) is 12.5. The van der Waals surface area contributed by atoms with Gasteiger partial charge in [0.1, 0.15) is 6.61 Å². The summed E-state index contributed by atoms with van der Waals surface area (Å²) >= 11 is 0. The molecule has 4 rings (SSSR count). The van der Waals surface area contributed by atoms with Gasteiger partial charge >= 0.3 is 6.09 Å². The van der Waals surface area contributed by atoms with E-state index in [-0.39, 0.29) is 12.1 Å². The number of hydrogen-bond acceptors (Lipinski definition) is 3. The Hall–Kier alpha value is -1.55. The van der Waals surface area contributed by atoms with Crippen LogP contribution in [0.25, 0.3) is 0 Å². The van der Waals surface area contributed by atoms with E-state index in [1.165, 1.54) is 6.42 Å². The number of piperidine rings is 2. The second kappa shape index (κ2) is 5.61. The molecule has 1 saturated carbocycles. The van der Waals surface area contributed by atoms with Crippen LogP contribution in [0, 0.1) is 5.92 Å². The molecule has 4 heteroatoms. The summed E-state index contributed by atoms with van der Waals surface area (Å²) in [6.07, 6.45) is 3.23. The van der Waals surface area contributed by atoms with E-state index in [1.54, 1.807) is 0 Å². The van der Waals surface area contributed by atoms with Gasteiger partial charge in [-0.25, -0.2) is 4.79 Å². The van der Waals surface area contributed by atoms with Crippen LogP contribution in [0.5, 0.6) is 0 Å². The number of fused-ring (bicyclic) bond motifs is 3. The number of benzene rings is 1. The smallest absolute Gasteiger partial charge is 0.407 e. The summed E-state index contributed by atoms with van der Waals surface area (Å²) < 4.78 is 5.26. The lowest BCUT2D eigenvalue weighted by Crippen LogP contribution is -2.59. The Morgan fingerprint density at radius 2 is 2.16 bits per heavy atom. The monoisotopic (exact) mass is 260 g/mol. The first-order valence-corrected chi connectivity index (χ1v) is 7.02. The largest absolute Gasteiger partial charge is 0.445 e. The van der Waals surface area contributed by atoms with Gasteiger partial charge in [-0.1, -0.05) is 30.3 Å². The first-order chi connectivity index (χ1) is 9.31. The minimum absolute atomic E-state index is 0.232. The van der Waals surface area contributed by atoms with Gasteiger partial charge in [0, 0.05) is 12.1 Å². The van der Waals surface area contributed by atoms with E-state index in [2.05, 4.69) is 10.6 Å². The Balaban J connectivity index is 1.46. The molecule has 3 fully saturated rings. The zero-order valence-corrected chi connectivity index (χ0v) is 11.0. The standard InChI is InChI=1S/C15H20N2O2/c18-15(19-10-11-4-2-1-3-5-11)17-14-8-12-6-7-13(14)16-9-12/h1-5,12-14,16H,6-10H2,(H,17,18). The molecule has 3 unspecified atom stereocenters. The van der Waals surface area contributed by atoms with Gasteiger partial charge in [-0.3, -0.25) is 0 Å². The lowest BCUT2D eigenvalue weighted by Gasteiger charge is -2.43. The number of carbonyl (C=O) groups is 1. The van der Waals surface area contributed by atoms with Crippen molar-refractivity contribution in [1.82, 2.24) is 10.6 Å². The van der Waals surface area contributed by atoms with Crippen molar-refractivity contribution in [3.8, 4) is 0 Å². The molecule has 2 heterocycles. The number of carbonyl (C=O) groups excluding carboxylic acids is 1. The average molecular weight is 260 g/mol. The van der Waals surface area contributed by atoms with Crippen LogP contribution in [0.3, 0.4) is 0 Å². The van der Waals surface area contributed by atoms with Gasteiger partial charge in [0.2, 0.25) is 0 Å². The summed E-state index contributed by atoms with van der Waals surface area (Å²) in [7, 11) is 0. The summed E-state index contributed by atoms with van der Waals surface area (Å²) in [6, 6.07) is 10.4. The maximum Gasteiger partial charge on any atom is 0.407 e. The number of rotatable bonds is 3. The number of ether oxygens (including phenoxy) is 1. The topological polar surface area (TPSA) is 50.4 Å². The molecule has 1 aromatic carbocycles. The molecule has 2 bridgehead atoms. The molecule has 0 radical (unpaired) electrons. The van der Waals surface area contributed by atoms with Gasteiger partial charge in [-0.05, 0) is 37.3 Å². The van der Waals surface area contributed by atoms with Crippen molar-refractivity contribution in [3.63, 3.8) is 0 Å². The van der Waals surface area contributed by atoms with E-state index >= 15 is 0 Å². The highest BCUT2D eigenvalue weighted by Gasteiger charge is 2.36. The third-order valence-corrected chi connectivity index (χ3v) is 4.14. The molecule has 2 aliphatic heterocycles. The SMILES string of the molecule is O=C(NC1CC2CCC1NC2)OCc1ccccc1. The zero-order valence-electron chi connectivity index (χ0n) is 11.0. The molecule has 1 aromatic rings. The van der Waals surface area contributed by atoms with E-state index in [0.29, 0.717) is 18.6 Å². The third-order valence-electron chi connectivity index (χ3n) is 4.14. The van der Waals surface area contributed by atoms with Crippen LogP contribution in [-0.4, -0.2) is 24.7 Å². The molecule has 2 N–H and O–H groups in total. The van der Waals surface area contributed by atoms with Gasteiger partial charge < -0.3 is 15.4 Å². The molecule has 3 atom stereocenters. The Bertz CT molecular complexity index is 427. The summed E-state index contributed by atoms with van der Waals surface area (Å²) in [5.41, 5.74) is 1.01. The Kier molecular flexibility index (Phi) is 3.69. The van der Waals surface area contributed by atoms with Crippen molar-refractivity contribution in [1.29, 1.82) is 0 Å². The van der Waals surface area contributed by atoms with Crippen molar-refractivity contribution in [2.45, 2.75) is 38.0 Å². The van der Waals surface area contributed by atoms with Crippen LogP contribution >= 0.6 is 0 Å². The van der Waals surface area contributed by atoms with E-state index in [9.17, 15) is 4.79 Å². The normalized spacial score (nSPS) is 28.9. The van der Waals surface area contributed by atoms with Crippen LogP contribution in [0.4, 0.5) is 4.79 Å². The predicted molar refractivity (Wildman–Crippen MR) is 72.7 cm³/mol. The van der Waals surface area contributed by atoms with Gasteiger partial charge in [-0.15, -0.1) is 0 Å². The molecular weight excluding hydrogens is 240 g/mol. The van der Waals surface area contributed by atoms with E-state index in [0.717, 1.165) is 24.9 Å². The van der Waals surface area contributed by atoms with E-state index in [4.69, 9.17) is 4.74 Å². The second-order valence-electron chi connectivity index (χ2n) is 5.51. The lowest BCUT2D eigenvalue weighted by molar-refractivity contribution is 0.113. The van der Waals surface area contributed by atoms with Crippen LogP contribution in [0.15, 0.2) is 30.3 Å². The van der Waals surface area contributed by atoms with Gasteiger partial charge in [0.05, 0.1) is 0 Å². The highest BCUT2D eigenvalue weighted by molar-refractivity contribution is 5.67. The van der Waals surface area contributed by atoms with Crippen molar-refractivity contribution < 1.29 is 9.53 Å². The number of amides is 1.